The molecule has 1 aromatic carbocycles. The number of rotatable bonds is 5. The highest BCUT2D eigenvalue weighted by atomic mass is 35.5. The van der Waals surface area contributed by atoms with Crippen molar-refractivity contribution in [2.45, 2.75) is 38.1 Å². The van der Waals surface area contributed by atoms with E-state index in [1.54, 1.807) is 0 Å². The Labute approximate surface area is 126 Å². The molecule has 0 saturated carbocycles. The van der Waals surface area contributed by atoms with Gasteiger partial charge < -0.3 is 14.9 Å². The molecular weight excluding hydrogens is 309 g/mol. The second-order valence-corrected chi connectivity index (χ2v) is 5.72. The summed E-state index contributed by atoms with van der Waals surface area (Å²) in [6, 6.07) is 3.87. The standard InChI is InChI=1S/C14H18ClF3O3/c1-8(2)7-13(20,14(16,17)18)12(19)10-5-4-9(21-3)6-11(10)15/h4-6,8,12,19-20H,7H2,1-3H3. The third kappa shape index (κ3) is 3.81. The van der Waals surface area contributed by atoms with Crippen LogP contribution in [0.4, 0.5) is 13.2 Å². The van der Waals surface area contributed by atoms with Crippen LogP contribution in [0.25, 0.3) is 0 Å². The van der Waals surface area contributed by atoms with Gasteiger partial charge in [-0.1, -0.05) is 31.5 Å². The summed E-state index contributed by atoms with van der Waals surface area (Å²) in [7, 11) is 1.38. The van der Waals surface area contributed by atoms with Gasteiger partial charge in [0.2, 0.25) is 0 Å². The van der Waals surface area contributed by atoms with Crippen molar-refractivity contribution in [3.05, 3.63) is 28.8 Å². The lowest BCUT2D eigenvalue weighted by atomic mass is 9.83. The number of hydrogen-bond acceptors (Lipinski definition) is 3. The molecule has 0 aliphatic rings. The predicted molar refractivity (Wildman–Crippen MR) is 73.4 cm³/mol. The molecule has 0 saturated heterocycles. The Balaban J connectivity index is 3.26. The molecule has 0 heterocycles. The zero-order chi connectivity index (χ0) is 16.4. The highest BCUT2D eigenvalue weighted by Gasteiger charge is 2.59. The lowest BCUT2D eigenvalue weighted by Crippen LogP contribution is -2.51. The van der Waals surface area contributed by atoms with Gasteiger partial charge in [0.05, 0.1) is 12.1 Å². The molecule has 0 amide bonds. The smallest absolute Gasteiger partial charge is 0.420 e. The maximum atomic E-state index is 13.2. The summed E-state index contributed by atoms with van der Waals surface area (Å²) in [4.78, 5) is 0. The van der Waals surface area contributed by atoms with Gasteiger partial charge in [0, 0.05) is 5.56 Å². The minimum Gasteiger partial charge on any atom is -0.497 e. The van der Waals surface area contributed by atoms with E-state index >= 15 is 0 Å². The number of methoxy groups -OCH3 is 1. The van der Waals surface area contributed by atoms with Gasteiger partial charge in [0.25, 0.3) is 0 Å². The van der Waals surface area contributed by atoms with Crippen molar-refractivity contribution in [1.29, 1.82) is 0 Å². The molecule has 0 aromatic heterocycles. The molecule has 2 N–H and O–H groups in total. The van der Waals surface area contributed by atoms with Gasteiger partial charge in [0.1, 0.15) is 11.9 Å². The quantitative estimate of drug-likeness (QED) is 0.867. The number of hydrogen-bond donors (Lipinski definition) is 2. The summed E-state index contributed by atoms with van der Waals surface area (Å²) in [6.07, 6.45) is -7.81. The maximum absolute atomic E-state index is 13.2. The lowest BCUT2D eigenvalue weighted by Gasteiger charge is -2.36. The first-order valence-corrected chi connectivity index (χ1v) is 6.71. The normalized spacial score (nSPS) is 16.7. The average molecular weight is 327 g/mol. The van der Waals surface area contributed by atoms with Crippen LogP contribution in [0.5, 0.6) is 5.75 Å². The van der Waals surface area contributed by atoms with Crippen LogP contribution >= 0.6 is 11.6 Å². The Hall–Kier alpha value is -0.980. The van der Waals surface area contributed by atoms with Gasteiger partial charge in [0.15, 0.2) is 5.60 Å². The topological polar surface area (TPSA) is 49.7 Å². The third-order valence-electron chi connectivity index (χ3n) is 3.16. The van der Waals surface area contributed by atoms with Gasteiger partial charge in [-0.05, 0) is 24.5 Å². The van der Waals surface area contributed by atoms with Gasteiger partial charge in [-0.15, -0.1) is 0 Å². The van der Waals surface area contributed by atoms with E-state index in [2.05, 4.69) is 0 Å². The number of ether oxygens (including phenoxy) is 1. The first kappa shape index (κ1) is 18.1. The first-order valence-electron chi connectivity index (χ1n) is 6.33. The van der Waals surface area contributed by atoms with Gasteiger partial charge >= 0.3 is 6.18 Å². The van der Waals surface area contributed by atoms with Crippen molar-refractivity contribution in [3.8, 4) is 5.75 Å². The van der Waals surface area contributed by atoms with Crippen LogP contribution < -0.4 is 4.74 Å². The molecule has 0 aliphatic heterocycles. The second-order valence-electron chi connectivity index (χ2n) is 5.31. The Morgan fingerprint density at radius 2 is 1.86 bits per heavy atom. The molecule has 0 spiro atoms. The summed E-state index contributed by atoms with van der Waals surface area (Å²) in [5.41, 5.74) is -3.46. The Morgan fingerprint density at radius 1 is 1.29 bits per heavy atom. The van der Waals surface area contributed by atoms with Crippen molar-refractivity contribution in [1.82, 2.24) is 0 Å². The highest BCUT2D eigenvalue weighted by Crippen LogP contribution is 2.45. The first-order chi connectivity index (χ1) is 9.52. The number of halogens is 4. The van der Waals surface area contributed by atoms with Gasteiger partial charge in [-0.25, -0.2) is 0 Å². The van der Waals surface area contributed by atoms with E-state index in [4.69, 9.17) is 16.3 Å². The van der Waals surface area contributed by atoms with Crippen LogP contribution in [-0.4, -0.2) is 29.1 Å². The average Bonchev–Trinajstić information content (AvgIpc) is 2.35. The molecule has 1 aromatic rings. The van der Waals surface area contributed by atoms with Crippen molar-refractivity contribution < 1.29 is 28.1 Å². The third-order valence-corrected chi connectivity index (χ3v) is 3.49. The number of benzene rings is 1. The van der Waals surface area contributed by atoms with Crippen LogP contribution in [0.3, 0.4) is 0 Å². The summed E-state index contributed by atoms with van der Waals surface area (Å²) < 4.78 is 44.5. The highest BCUT2D eigenvalue weighted by molar-refractivity contribution is 6.31. The fraction of sp³-hybridized carbons (Fsp3) is 0.571. The molecule has 7 heteroatoms. The van der Waals surface area contributed by atoms with Crippen LogP contribution in [0, 0.1) is 5.92 Å². The van der Waals surface area contributed by atoms with E-state index in [1.165, 1.54) is 39.2 Å². The number of alkyl halides is 3. The predicted octanol–water partition coefficient (Wildman–Crippen LogP) is 3.72. The molecule has 0 radical (unpaired) electrons. The summed E-state index contributed by atoms with van der Waals surface area (Å²) in [5, 5.41) is 20.0. The van der Waals surface area contributed by atoms with Crippen LogP contribution in [0.15, 0.2) is 18.2 Å². The van der Waals surface area contributed by atoms with E-state index < -0.39 is 30.2 Å². The Morgan fingerprint density at radius 3 is 2.24 bits per heavy atom. The summed E-state index contributed by atoms with van der Waals surface area (Å²) in [6.45, 7) is 3.05. The zero-order valence-corrected chi connectivity index (χ0v) is 12.7. The van der Waals surface area contributed by atoms with Gasteiger partial charge in [-0.3, -0.25) is 0 Å². The molecule has 21 heavy (non-hydrogen) atoms. The fourth-order valence-corrected chi connectivity index (χ4v) is 2.39. The molecule has 2 atom stereocenters. The minimum absolute atomic E-state index is 0.103. The fourth-order valence-electron chi connectivity index (χ4n) is 2.12. The molecule has 2 unspecified atom stereocenters. The van der Waals surface area contributed by atoms with Crippen molar-refractivity contribution in [3.63, 3.8) is 0 Å². The molecule has 0 fully saturated rings. The lowest BCUT2D eigenvalue weighted by molar-refractivity contribution is -0.297. The summed E-state index contributed by atoms with van der Waals surface area (Å²) in [5.74, 6) is -0.126. The van der Waals surface area contributed by atoms with E-state index in [-0.39, 0.29) is 10.6 Å². The van der Waals surface area contributed by atoms with Crippen molar-refractivity contribution in [2.75, 3.05) is 7.11 Å². The molecular formula is C14H18ClF3O3. The van der Waals surface area contributed by atoms with Crippen LogP contribution in [0.1, 0.15) is 31.9 Å². The molecule has 0 aliphatic carbocycles. The van der Waals surface area contributed by atoms with Crippen LogP contribution in [0.2, 0.25) is 5.02 Å². The molecule has 0 bridgehead atoms. The molecule has 3 nitrogen and oxygen atoms in total. The zero-order valence-electron chi connectivity index (χ0n) is 11.9. The number of aliphatic hydroxyl groups excluding tert-OH is 1. The van der Waals surface area contributed by atoms with Crippen LogP contribution in [-0.2, 0) is 0 Å². The van der Waals surface area contributed by atoms with E-state index in [0.717, 1.165) is 0 Å². The van der Waals surface area contributed by atoms with E-state index in [9.17, 15) is 23.4 Å². The minimum atomic E-state index is -4.99. The largest absolute Gasteiger partial charge is 0.497 e. The second kappa shape index (κ2) is 6.42. The maximum Gasteiger partial charge on any atom is 0.420 e. The molecule has 1 rings (SSSR count). The van der Waals surface area contributed by atoms with Crippen molar-refractivity contribution in [2.24, 2.45) is 5.92 Å². The van der Waals surface area contributed by atoms with E-state index in [1.807, 2.05) is 0 Å². The van der Waals surface area contributed by atoms with E-state index in [0.29, 0.717) is 5.75 Å². The SMILES string of the molecule is COc1ccc(C(O)C(O)(CC(C)C)C(F)(F)F)c(Cl)c1. The Kier molecular flexibility index (Phi) is 5.52. The van der Waals surface area contributed by atoms with Gasteiger partial charge in [-0.2, -0.15) is 13.2 Å². The monoisotopic (exact) mass is 326 g/mol. The molecule has 120 valence electrons. The Bertz CT molecular complexity index is 491. The van der Waals surface area contributed by atoms with Crippen molar-refractivity contribution >= 4 is 11.6 Å². The summed E-state index contributed by atoms with van der Waals surface area (Å²) >= 11 is 5.88. The number of aliphatic hydroxyl groups is 2.